The first kappa shape index (κ1) is 15.2. The van der Waals surface area contributed by atoms with Crippen molar-refractivity contribution in [1.29, 1.82) is 0 Å². The van der Waals surface area contributed by atoms with Gasteiger partial charge in [-0.15, -0.1) is 0 Å². The highest BCUT2D eigenvalue weighted by Crippen LogP contribution is 2.11. The first-order valence-corrected chi connectivity index (χ1v) is 6.69. The van der Waals surface area contributed by atoms with E-state index in [0.29, 0.717) is 11.1 Å². The number of amides is 1. The third kappa shape index (κ3) is 4.73. The number of aliphatic carboxylic acids is 1. The van der Waals surface area contributed by atoms with Crippen LogP contribution in [0.15, 0.2) is 24.3 Å². The van der Waals surface area contributed by atoms with Gasteiger partial charge in [0, 0.05) is 11.6 Å². The largest absolute Gasteiger partial charge is 0.481 e. The van der Waals surface area contributed by atoms with Crippen LogP contribution in [-0.2, 0) is 11.2 Å². The highest BCUT2D eigenvalue weighted by molar-refractivity contribution is 5.96. The van der Waals surface area contributed by atoms with Crippen molar-refractivity contribution in [2.24, 2.45) is 0 Å². The van der Waals surface area contributed by atoms with Crippen molar-refractivity contribution in [3.8, 4) is 0 Å². The van der Waals surface area contributed by atoms with Crippen molar-refractivity contribution in [1.82, 2.24) is 5.32 Å². The van der Waals surface area contributed by atoms with E-state index < -0.39 is 5.97 Å². The van der Waals surface area contributed by atoms with E-state index in [-0.39, 0.29) is 18.4 Å². The molecule has 1 rings (SSSR count). The standard InChI is InChI=1S/C15H21NO3/c1-3-7-12(4-2)16-15(19)13-9-6-5-8-11(13)10-14(17)18/h5-6,8-9,12H,3-4,7,10H2,1-2H3,(H,16,19)(H,17,18). The molecule has 1 amide bonds. The van der Waals surface area contributed by atoms with Crippen LogP contribution in [0.2, 0.25) is 0 Å². The van der Waals surface area contributed by atoms with E-state index in [1.807, 2.05) is 6.92 Å². The fraction of sp³-hybridized carbons (Fsp3) is 0.467. The highest BCUT2D eigenvalue weighted by Gasteiger charge is 2.15. The normalized spacial score (nSPS) is 11.9. The zero-order chi connectivity index (χ0) is 14.3. The molecular formula is C15H21NO3. The summed E-state index contributed by atoms with van der Waals surface area (Å²) in [5.74, 6) is -1.11. The first-order chi connectivity index (χ1) is 9.08. The van der Waals surface area contributed by atoms with E-state index in [9.17, 15) is 9.59 Å². The van der Waals surface area contributed by atoms with Crippen molar-refractivity contribution in [3.05, 3.63) is 35.4 Å². The highest BCUT2D eigenvalue weighted by atomic mass is 16.4. The van der Waals surface area contributed by atoms with Gasteiger partial charge in [-0.2, -0.15) is 0 Å². The Morgan fingerprint density at radius 2 is 1.95 bits per heavy atom. The average molecular weight is 263 g/mol. The lowest BCUT2D eigenvalue weighted by molar-refractivity contribution is -0.136. The lowest BCUT2D eigenvalue weighted by Crippen LogP contribution is -2.34. The van der Waals surface area contributed by atoms with Crippen LogP contribution in [0.4, 0.5) is 0 Å². The van der Waals surface area contributed by atoms with Crippen molar-refractivity contribution < 1.29 is 14.7 Å². The Morgan fingerprint density at radius 3 is 2.53 bits per heavy atom. The third-order valence-electron chi connectivity index (χ3n) is 3.07. The van der Waals surface area contributed by atoms with Crippen LogP contribution in [0.1, 0.15) is 49.0 Å². The Labute approximate surface area is 113 Å². The number of carbonyl (C=O) groups is 2. The Hall–Kier alpha value is -1.84. The molecule has 0 saturated heterocycles. The summed E-state index contributed by atoms with van der Waals surface area (Å²) in [7, 11) is 0. The summed E-state index contributed by atoms with van der Waals surface area (Å²) in [6.07, 6.45) is 2.69. The fourth-order valence-corrected chi connectivity index (χ4v) is 2.05. The van der Waals surface area contributed by atoms with Crippen LogP contribution < -0.4 is 5.32 Å². The number of carbonyl (C=O) groups excluding carboxylic acids is 1. The van der Waals surface area contributed by atoms with Crippen molar-refractivity contribution in [2.45, 2.75) is 45.6 Å². The Morgan fingerprint density at radius 1 is 1.26 bits per heavy atom. The molecule has 0 saturated carbocycles. The molecule has 1 atom stereocenters. The monoisotopic (exact) mass is 263 g/mol. The number of benzene rings is 1. The quantitative estimate of drug-likeness (QED) is 0.794. The summed E-state index contributed by atoms with van der Waals surface area (Å²) < 4.78 is 0. The summed E-state index contributed by atoms with van der Waals surface area (Å²) >= 11 is 0. The first-order valence-electron chi connectivity index (χ1n) is 6.69. The molecule has 1 aromatic carbocycles. The molecule has 19 heavy (non-hydrogen) atoms. The topological polar surface area (TPSA) is 66.4 Å². The van der Waals surface area contributed by atoms with Gasteiger partial charge in [-0.05, 0) is 24.5 Å². The van der Waals surface area contributed by atoms with Crippen LogP contribution in [0, 0.1) is 0 Å². The van der Waals surface area contributed by atoms with Crippen molar-refractivity contribution in [2.75, 3.05) is 0 Å². The fourth-order valence-electron chi connectivity index (χ4n) is 2.05. The minimum absolute atomic E-state index is 0.131. The molecule has 104 valence electrons. The van der Waals surface area contributed by atoms with Gasteiger partial charge in [0.15, 0.2) is 0 Å². The second kappa shape index (κ2) is 7.56. The maximum atomic E-state index is 12.2. The molecule has 4 nitrogen and oxygen atoms in total. The van der Waals surface area contributed by atoms with Gasteiger partial charge in [-0.1, -0.05) is 38.5 Å². The molecule has 0 radical (unpaired) electrons. The smallest absolute Gasteiger partial charge is 0.307 e. The van der Waals surface area contributed by atoms with Crippen molar-refractivity contribution >= 4 is 11.9 Å². The van der Waals surface area contributed by atoms with Gasteiger partial charge in [0.25, 0.3) is 5.91 Å². The lowest BCUT2D eigenvalue weighted by atomic mass is 10.0. The minimum Gasteiger partial charge on any atom is -0.481 e. The molecule has 0 bridgehead atoms. The van der Waals surface area contributed by atoms with Gasteiger partial charge in [0.1, 0.15) is 0 Å². The Kier molecular flexibility index (Phi) is 6.06. The predicted molar refractivity (Wildman–Crippen MR) is 74.2 cm³/mol. The lowest BCUT2D eigenvalue weighted by Gasteiger charge is -2.17. The summed E-state index contributed by atoms with van der Waals surface area (Å²) in [5.41, 5.74) is 1.01. The molecule has 4 heteroatoms. The molecule has 0 aliphatic carbocycles. The maximum Gasteiger partial charge on any atom is 0.307 e. The number of hydrogen-bond donors (Lipinski definition) is 2. The van der Waals surface area contributed by atoms with E-state index in [0.717, 1.165) is 19.3 Å². The molecule has 0 aromatic heterocycles. The van der Waals surface area contributed by atoms with Gasteiger partial charge >= 0.3 is 5.97 Å². The SMILES string of the molecule is CCCC(CC)NC(=O)c1ccccc1CC(=O)O. The average Bonchev–Trinajstić information content (AvgIpc) is 2.38. The zero-order valence-corrected chi connectivity index (χ0v) is 11.5. The van der Waals surface area contributed by atoms with Gasteiger partial charge in [0.2, 0.25) is 0 Å². The summed E-state index contributed by atoms with van der Waals surface area (Å²) in [4.78, 5) is 23.0. The second-order valence-corrected chi connectivity index (χ2v) is 4.59. The molecule has 1 aromatic rings. The van der Waals surface area contributed by atoms with E-state index in [4.69, 9.17) is 5.11 Å². The number of hydrogen-bond acceptors (Lipinski definition) is 2. The van der Waals surface area contributed by atoms with Crippen LogP contribution in [0.3, 0.4) is 0 Å². The molecular weight excluding hydrogens is 242 g/mol. The van der Waals surface area contributed by atoms with Gasteiger partial charge in [-0.3, -0.25) is 9.59 Å². The second-order valence-electron chi connectivity index (χ2n) is 4.59. The Bertz CT molecular complexity index is 443. The van der Waals surface area contributed by atoms with E-state index in [1.54, 1.807) is 24.3 Å². The summed E-state index contributed by atoms with van der Waals surface area (Å²) in [6, 6.07) is 7.01. The van der Waals surface area contributed by atoms with E-state index >= 15 is 0 Å². The van der Waals surface area contributed by atoms with Crippen molar-refractivity contribution in [3.63, 3.8) is 0 Å². The van der Waals surface area contributed by atoms with Crippen LogP contribution in [-0.4, -0.2) is 23.0 Å². The number of carboxylic acids is 1. The molecule has 2 N–H and O–H groups in total. The summed E-state index contributed by atoms with van der Waals surface area (Å²) in [6.45, 7) is 4.11. The van der Waals surface area contributed by atoms with E-state index in [1.165, 1.54) is 0 Å². The summed E-state index contributed by atoms with van der Waals surface area (Å²) in [5, 5.41) is 11.8. The molecule has 0 fully saturated rings. The van der Waals surface area contributed by atoms with Gasteiger partial charge in [0.05, 0.1) is 6.42 Å². The van der Waals surface area contributed by atoms with Gasteiger partial charge < -0.3 is 10.4 Å². The minimum atomic E-state index is -0.930. The van der Waals surface area contributed by atoms with Gasteiger partial charge in [-0.25, -0.2) is 0 Å². The number of nitrogens with one attached hydrogen (secondary N) is 1. The van der Waals surface area contributed by atoms with E-state index in [2.05, 4.69) is 12.2 Å². The zero-order valence-electron chi connectivity index (χ0n) is 11.5. The molecule has 0 heterocycles. The van der Waals surface area contributed by atoms with Crippen LogP contribution >= 0.6 is 0 Å². The molecule has 1 unspecified atom stereocenters. The molecule has 0 aliphatic heterocycles. The number of rotatable bonds is 7. The maximum absolute atomic E-state index is 12.2. The van der Waals surface area contributed by atoms with Crippen LogP contribution in [0.25, 0.3) is 0 Å². The number of carboxylic acid groups (broad SMARTS) is 1. The predicted octanol–water partition coefficient (Wildman–Crippen LogP) is 2.62. The molecule has 0 spiro atoms. The third-order valence-corrected chi connectivity index (χ3v) is 3.07. The molecule has 0 aliphatic rings. The Balaban J connectivity index is 2.83. The van der Waals surface area contributed by atoms with Crippen LogP contribution in [0.5, 0.6) is 0 Å².